The minimum atomic E-state index is -0.303. The zero-order valence-corrected chi connectivity index (χ0v) is 18.7. The van der Waals surface area contributed by atoms with Crippen molar-refractivity contribution in [2.24, 2.45) is 0 Å². The second-order valence-corrected chi connectivity index (χ2v) is 7.31. The molecule has 0 fully saturated rings. The van der Waals surface area contributed by atoms with E-state index in [9.17, 15) is 4.79 Å². The van der Waals surface area contributed by atoms with Gasteiger partial charge in [0.2, 0.25) is 5.88 Å². The van der Waals surface area contributed by atoms with Gasteiger partial charge in [0.25, 0.3) is 5.91 Å². The van der Waals surface area contributed by atoms with Crippen molar-refractivity contribution >= 4 is 23.2 Å². The third kappa shape index (κ3) is 5.39. The van der Waals surface area contributed by atoms with E-state index in [0.717, 1.165) is 11.3 Å². The number of halogens is 1. The number of nitrogens with zero attached hydrogens (tertiary/aromatic N) is 2. The van der Waals surface area contributed by atoms with Crippen LogP contribution in [0.3, 0.4) is 0 Å². The van der Waals surface area contributed by atoms with Gasteiger partial charge in [-0.05, 0) is 60.7 Å². The number of ether oxygens (including phenoxy) is 3. The number of rotatable bonds is 7. The minimum absolute atomic E-state index is 0.303. The first-order valence-electron chi connectivity index (χ1n) is 9.95. The number of hydrogen-bond donors (Lipinski definition) is 1. The van der Waals surface area contributed by atoms with Crippen LogP contribution >= 0.6 is 11.6 Å². The highest BCUT2D eigenvalue weighted by Gasteiger charge is 2.11. The molecule has 0 bridgehead atoms. The third-order valence-electron chi connectivity index (χ3n) is 4.76. The molecule has 0 spiro atoms. The van der Waals surface area contributed by atoms with Crippen LogP contribution in [0.4, 0.5) is 5.69 Å². The molecule has 0 aliphatic heterocycles. The Balaban J connectivity index is 1.49. The summed E-state index contributed by atoms with van der Waals surface area (Å²) in [7, 11) is 3.15. The van der Waals surface area contributed by atoms with Crippen LogP contribution in [0.15, 0.2) is 79.1 Å². The molecule has 4 rings (SSSR count). The molecule has 166 valence electrons. The molecule has 0 saturated heterocycles. The highest BCUT2D eigenvalue weighted by Crippen LogP contribution is 2.28. The van der Waals surface area contributed by atoms with Crippen molar-refractivity contribution in [1.29, 1.82) is 0 Å². The number of benzene rings is 3. The zero-order chi connectivity index (χ0) is 23.2. The Morgan fingerprint density at radius 2 is 1.70 bits per heavy atom. The Morgan fingerprint density at radius 1 is 0.879 bits per heavy atom. The second kappa shape index (κ2) is 10.0. The van der Waals surface area contributed by atoms with Crippen molar-refractivity contribution in [3.05, 3.63) is 89.7 Å². The van der Waals surface area contributed by atoms with E-state index < -0.39 is 0 Å². The summed E-state index contributed by atoms with van der Waals surface area (Å²) in [5.41, 5.74) is 2.57. The molecule has 1 heterocycles. The van der Waals surface area contributed by atoms with E-state index >= 15 is 0 Å². The lowest BCUT2D eigenvalue weighted by atomic mass is 10.1. The van der Waals surface area contributed by atoms with E-state index in [1.54, 1.807) is 55.6 Å². The van der Waals surface area contributed by atoms with E-state index in [4.69, 9.17) is 25.8 Å². The standard InChI is InChI=1S/C25H20ClN3O4/c1-31-19-9-6-16(7-10-19)22-14-24(28-15-27-22)33-20-5-3-4-17(12-20)25(30)29-18-8-11-23(32-2)21(26)13-18/h3-15H,1-2H3,(H,29,30). The van der Waals surface area contributed by atoms with Gasteiger partial charge >= 0.3 is 0 Å². The van der Waals surface area contributed by atoms with E-state index in [1.807, 2.05) is 24.3 Å². The van der Waals surface area contributed by atoms with E-state index in [2.05, 4.69) is 15.3 Å². The molecule has 0 atom stereocenters. The molecule has 8 heteroatoms. The third-order valence-corrected chi connectivity index (χ3v) is 5.05. The molecular formula is C25H20ClN3O4. The van der Waals surface area contributed by atoms with Crippen molar-refractivity contribution < 1.29 is 19.0 Å². The number of methoxy groups -OCH3 is 2. The lowest BCUT2D eigenvalue weighted by Gasteiger charge is -2.10. The maximum Gasteiger partial charge on any atom is 0.255 e. The average molecular weight is 462 g/mol. The van der Waals surface area contributed by atoms with Crippen LogP contribution in [0.1, 0.15) is 10.4 Å². The Kier molecular flexibility index (Phi) is 6.71. The van der Waals surface area contributed by atoms with Crippen LogP contribution in [0.5, 0.6) is 23.1 Å². The van der Waals surface area contributed by atoms with Crippen molar-refractivity contribution in [2.45, 2.75) is 0 Å². The van der Waals surface area contributed by atoms with Crippen LogP contribution in [0, 0.1) is 0 Å². The summed E-state index contributed by atoms with van der Waals surface area (Å²) in [5.74, 6) is 1.81. The largest absolute Gasteiger partial charge is 0.497 e. The monoisotopic (exact) mass is 461 g/mol. The molecule has 7 nitrogen and oxygen atoms in total. The normalized spacial score (nSPS) is 10.4. The molecular weight excluding hydrogens is 442 g/mol. The highest BCUT2D eigenvalue weighted by atomic mass is 35.5. The van der Waals surface area contributed by atoms with Crippen LogP contribution in [-0.4, -0.2) is 30.1 Å². The number of hydrogen-bond acceptors (Lipinski definition) is 6. The fourth-order valence-electron chi connectivity index (χ4n) is 3.08. The summed E-state index contributed by atoms with van der Waals surface area (Å²) in [6.45, 7) is 0. The minimum Gasteiger partial charge on any atom is -0.497 e. The van der Waals surface area contributed by atoms with Crippen LogP contribution < -0.4 is 19.5 Å². The van der Waals surface area contributed by atoms with Crippen LogP contribution in [0.25, 0.3) is 11.3 Å². The Hall–Kier alpha value is -4.10. The van der Waals surface area contributed by atoms with Gasteiger partial charge in [0, 0.05) is 22.9 Å². The van der Waals surface area contributed by atoms with Gasteiger partial charge in [0.05, 0.1) is 24.9 Å². The molecule has 0 unspecified atom stereocenters. The first-order valence-corrected chi connectivity index (χ1v) is 10.3. The van der Waals surface area contributed by atoms with Crippen LogP contribution in [0.2, 0.25) is 5.02 Å². The fourth-order valence-corrected chi connectivity index (χ4v) is 3.34. The summed E-state index contributed by atoms with van der Waals surface area (Å²) in [5, 5.41) is 3.22. The van der Waals surface area contributed by atoms with Crippen molar-refractivity contribution in [1.82, 2.24) is 9.97 Å². The first-order chi connectivity index (χ1) is 16.1. The van der Waals surface area contributed by atoms with Gasteiger partial charge in [-0.25, -0.2) is 9.97 Å². The lowest BCUT2D eigenvalue weighted by Crippen LogP contribution is -2.11. The number of anilines is 1. The molecule has 3 aromatic carbocycles. The Labute approximate surface area is 195 Å². The van der Waals surface area contributed by atoms with E-state index in [-0.39, 0.29) is 5.91 Å². The number of nitrogens with one attached hydrogen (secondary N) is 1. The van der Waals surface area contributed by atoms with E-state index in [1.165, 1.54) is 13.4 Å². The summed E-state index contributed by atoms with van der Waals surface area (Å²) < 4.78 is 16.2. The zero-order valence-electron chi connectivity index (χ0n) is 17.9. The van der Waals surface area contributed by atoms with Gasteiger partial charge in [0.1, 0.15) is 23.6 Å². The smallest absolute Gasteiger partial charge is 0.255 e. The summed E-state index contributed by atoms with van der Waals surface area (Å²) in [4.78, 5) is 21.2. The van der Waals surface area contributed by atoms with Gasteiger partial charge in [-0.2, -0.15) is 0 Å². The Morgan fingerprint density at radius 3 is 2.42 bits per heavy atom. The molecule has 1 amide bonds. The topological polar surface area (TPSA) is 82.6 Å². The lowest BCUT2D eigenvalue weighted by molar-refractivity contribution is 0.102. The molecule has 1 aromatic heterocycles. The second-order valence-electron chi connectivity index (χ2n) is 6.90. The van der Waals surface area contributed by atoms with E-state index in [0.29, 0.717) is 39.3 Å². The average Bonchev–Trinajstić information content (AvgIpc) is 2.84. The van der Waals surface area contributed by atoms with Crippen molar-refractivity contribution in [3.8, 4) is 34.4 Å². The fraction of sp³-hybridized carbons (Fsp3) is 0.0800. The predicted molar refractivity (Wildman–Crippen MR) is 126 cm³/mol. The summed E-state index contributed by atoms with van der Waals surface area (Å²) in [6.07, 6.45) is 1.43. The molecule has 4 aromatic rings. The quantitative estimate of drug-likeness (QED) is 0.371. The molecule has 0 saturated carbocycles. The maximum absolute atomic E-state index is 12.7. The van der Waals surface area contributed by atoms with Crippen LogP contribution in [-0.2, 0) is 0 Å². The number of carbonyl (C=O) groups is 1. The highest BCUT2D eigenvalue weighted by molar-refractivity contribution is 6.32. The SMILES string of the molecule is COc1ccc(-c2cc(Oc3cccc(C(=O)Nc4ccc(OC)c(Cl)c4)c3)ncn2)cc1. The molecule has 1 N–H and O–H groups in total. The van der Waals surface area contributed by atoms with Gasteiger partial charge in [-0.15, -0.1) is 0 Å². The number of aromatic nitrogens is 2. The van der Waals surface area contributed by atoms with Gasteiger partial charge < -0.3 is 19.5 Å². The predicted octanol–water partition coefficient (Wildman–Crippen LogP) is 5.86. The van der Waals surface area contributed by atoms with Gasteiger partial charge in [-0.1, -0.05) is 17.7 Å². The Bertz CT molecular complexity index is 1280. The number of carbonyl (C=O) groups excluding carboxylic acids is 1. The summed E-state index contributed by atoms with van der Waals surface area (Å²) >= 11 is 6.13. The van der Waals surface area contributed by atoms with Gasteiger partial charge in [0.15, 0.2) is 0 Å². The molecule has 0 aliphatic rings. The van der Waals surface area contributed by atoms with Crippen molar-refractivity contribution in [3.63, 3.8) is 0 Å². The number of amides is 1. The maximum atomic E-state index is 12.7. The molecule has 33 heavy (non-hydrogen) atoms. The summed E-state index contributed by atoms with van der Waals surface area (Å²) in [6, 6.07) is 21.1. The first kappa shape index (κ1) is 22.1. The van der Waals surface area contributed by atoms with Crippen molar-refractivity contribution in [2.75, 3.05) is 19.5 Å². The van der Waals surface area contributed by atoms with Gasteiger partial charge in [-0.3, -0.25) is 4.79 Å². The molecule has 0 radical (unpaired) electrons. The molecule has 0 aliphatic carbocycles.